The van der Waals surface area contributed by atoms with Crippen LogP contribution in [0.3, 0.4) is 0 Å². The summed E-state index contributed by atoms with van der Waals surface area (Å²) in [4.78, 5) is 0. The Balaban J connectivity index is 1.89. The Morgan fingerprint density at radius 1 is 1.39 bits per heavy atom. The Hall–Kier alpha value is -1.61. The average Bonchev–Trinajstić information content (AvgIpc) is 2.90. The van der Waals surface area contributed by atoms with Gasteiger partial charge in [-0.1, -0.05) is 29.8 Å². The predicted molar refractivity (Wildman–Crippen MR) is 71.5 cm³/mol. The summed E-state index contributed by atoms with van der Waals surface area (Å²) in [6.07, 6.45) is 2.09. The SMILES string of the molecule is CCCNCc1noc2c1Cc1ccc(C)cc1-2. The van der Waals surface area contributed by atoms with E-state index < -0.39 is 0 Å². The summed E-state index contributed by atoms with van der Waals surface area (Å²) in [6, 6.07) is 6.55. The molecule has 1 aliphatic carbocycles. The van der Waals surface area contributed by atoms with Gasteiger partial charge >= 0.3 is 0 Å². The van der Waals surface area contributed by atoms with E-state index in [9.17, 15) is 0 Å². The van der Waals surface area contributed by atoms with Crippen LogP contribution < -0.4 is 5.32 Å². The normalized spacial score (nSPS) is 12.6. The highest BCUT2D eigenvalue weighted by atomic mass is 16.5. The van der Waals surface area contributed by atoms with Crippen LogP contribution in [-0.2, 0) is 13.0 Å². The van der Waals surface area contributed by atoms with Crippen molar-refractivity contribution in [2.24, 2.45) is 0 Å². The van der Waals surface area contributed by atoms with Crippen LogP contribution in [0.5, 0.6) is 0 Å². The standard InChI is InChI=1S/C15H18N2O/c1-3-6-16-9-14-13-8-11-5-4-10(2)7-12(11)15(13)18-17-14/h4-5,7,16H,3,6,8-9H2,1-2H3. The zero-order valence-electron chi connectivity index (χ0n) is 10.9. The fourth-order valence-corrected chi connectivity index (χ4v) is 2.50. The smallest absolute Gasteiger partial charge is 0.170 e. The maximum Gasteiger partial charge on any atom is 0.170 e. The number of nitrogens with one attached hydrogen (secondary N) is 1. The van der Waals surface area contributed by atoms with Crippen molar-refractivity contribution in [3.05, 3.63) is 40.6 Å². The monoisotopic (exact) mass is 242 g/mol. The summed E-state index contributed by atoms with van der Waals surface area (Å²) in [6.45, 7) is 6.10. The van der Waals surface area contributed by atoms with Crippen molar-refractivity contribution in [1.29, 1.82) is 0 Å². The molecule has 2 aromatic rings. The molecule has 0 bridgehead atoms. The predicted octanol–water partition coefficient (Wildman–Crippen LogP) is 3.05. The molecule has 0 spiro atoms. The molecule has 3 rings (SSSR count). The molecule has 0 aliphatic heterocycles. The third kappa shape index (κ3) is 1.85. The highest BCUT2D eigenvalue weighted by Crippen LogP contribution is 2.38. The van der Waals surface area contributed by atoms with Gasteiger partial charge in [-0.25, -0.2) is 0 Å². The van der Waals surface area contributed by atoms with E-state index in [1.807, 2.05) is 0 Å². The highest BCUT2D eigenvalue weighted by Gasteiger charge is 2.26. The van der Waals surface area contributed by atoms with Gasteiger partial charge in [0.1, 0.15) is 5.69 Å². The molecule has 0 saturated carbocycles. The van der Waals surface area contributed by atoms with E-state index in [1.165, 1.54) is 22.3 Å². The van der Waals surface area contributed by atoms with Gasteiger partial charge in [-0.05, 0) is 31.5 Å². The lowest BCUT2D eigenvalue weighted by molar-refractivity contribution is 0.420. The van der Waals surface area contributed by atoms with Crippen molar-refractivity contribution >= 4 is 0 Å². The van der Waals surface area contributed by atoms with Gasteiger partial charge in [-0.3, -0.25) is 0 Å². The summed E-state index contributed by atoms with van der Waals surface area (Å²) in [5.74, 6) is 0.974. The van der Waals surface area contributed by atoms with E-state index in [0.717, 1.165) is 37.4 Å². The van der Waals surface area contributed by atoms with Crippen molar-refractivity contribution in [3.63, 3.8) is 0 Å². The third-order valence-corrected chi connectivity index (χ3v) is 3.47. The van der Waals surface area contributed by atoms with Crippen molar-refractivity contribution < 1.29 is 4.52 Å². The van der Waals surface area contributed by atoms with Crippen LogP contribution >= 0.6 is 0 Å². The lowest BCUT2D eigenvalue weighted by Gasteiger charge is -2.01. The third-order valence-electron chi connectivity index (χ3n) is 3.47. The number of nitrogens with zero attached hydrogens (tertiary/aromatic N) is 1. The lowest BCUT2D eigenvalue weighted by Crippen LogP contribution is -2.14. The van der Waals surface area contributed by atoms with Crippen LogP contribution in [0.15, 0.2) is 22.7 Å². The summed E-state index contributed by atoms with van der Waals surface area (Å²) >= 11 is 0. The molecule has 0 fully saturated rings. The Morgan fingerprint density at radius 3 is 3.11 bits per heavy atom. The molecule has 1 aromatic heterocycles. The van der Waals surface area contributed by atoms with Crippen LogP contribution in [0.2, 0.25) is 0 Å². The molecule has 0 amide bonds. The first-order chi connectivity index (χ1) is 8.79. The van der Waals surface area contributed by atoms with Gasteiger partial charge in [0.25, 0.3) is 0 Å². The number of rotatable bonds is 4. The number of fused-ring (bicyclic) bond motifs is 3. The first-order valence-electron chi connectivity index (χ1n) is 6.57. The van der Waals surface area contributed by atoms with Crippen molar-refractivity contribution in [1.82, 2.24) is 10.5 Å². The molecule has 1 N–H and O–H groups in total. The van der Waals surface area contributed by atoms with Gasteiger partial charge in [0.15, 0.2) is 5.76 Å². The molecule has 1 aromatic carbocycles. The number of hydrogen-bond donors (Lipinski definition) is 1. The van der Waals surface area contributed by atoms with Crippen molar-refractivity contribution in [2.45, 2.75) is 33.2 Å². The van der Waals surface area contributed by atoms with Gasteiger partial charge in [0.2, 0.25) is 0 Å². The summed E-state index contributed by atoms with van der Waals surface area (Å²) < 4.78 is 5.53. The van der Waals surface area contributed by atoms with E-state index in [0.29, 0.717) is 0 Å². The maximum absolute atomic E-state index is 5.53. The molecule has 0 atom stereocenters. The van der Waals surface area contributed by atoms with Crippen LogP contribution in [0, 0.1) is 6.92 Å². The summed E-state index contributed by atoms with van der Waals surface area (Å²) in [7, 11) is 0. The van der Waals surface area contributed by atoms with E-state index >= 15 is 0 Å². The second-order valence-corrected chi connectivity index (χ2v) is 4.95. The van der Waals surface area contributed by atoms with Gasteiger partial charge in [0, 0.05) is 24.1 Å². The molecule has 18 heavy (non-hydrogen) atoms. The highest BCUT2D eigenvalue weighted by molar-refractivity contribution is 5.73. The van der Waals surface area contributed by atoms with E-state index in [2.05, 4.69) is 42.5 Å². The summed E-state index contributed by atoms with van der Waals surface area (Å²) in [5, 5.41) is 7.58. The molecule has 3 nitrogen and oxygen atoms in total. The minimum atomic E-state index is 0.805. The Kier molecular flexibility index (Phi) is 2.92. The minimum Gasteiger partial charge on any atom is -0.356 e. The number of hydrogen-bond acceptors (Lipinski definition) is 3. The molecule has 0 saturated heterocycles. The summed E-state index contributed by atoms with van der Waals surface area (Å²) in [5.41, 5.74) is 6.17. The van der Waals surface area contributed by atoms with E-state index in [1.54, 1.807) is 0 Å². The Bertz CT molecular complexity index is 572. The number of aromatic nitrogens is 1. The fraction of sp³-hybridized carbons (Fsp3) is 0.400. The van der Waals surface area contributed by atoms with Crippen LogP contribution in [0.4, 0.5) is 0 Å². The van der Waals surface area contributed by atoms with E-state index in [4.69, 9.17) is 4.52 Å². The average molecular weight is 242 g/mol. The molecular formula is C15H18N2O. The van der Waals surface area contributed by atoms with Crippen molar-refractivity contribution in [2.75, 3.05) is 6.54 Å². The van der Waals surface area contributed by atoms with Crippen molar-refractivity contribution in [3.8, 4) is 11.3 Å². The Labute approximate surface area is 107 Å². The fourth-order valence-electron chi connectivity index (χ4n) is 2.50. The zero-order chi connectivity index (χ0) is 12.5. The molecule has 0 radical (unpaired) electrons. The van der Waals surface area contributed by atoms with Gasteiger partial charge in [-0.15, -0.1) is 0 Å². The minimum absolute atomic E-state index is 0.805. The second-order valence-electron chi connectivity index (χ2n) is 4.95. The molecule has 3 heteroatoms. The lowest BCUT2D eigenvalue weighted by atomic mass is 10.1. The van der Waals surface area contributed by atoms with E-state index in [-0.39, 0.29) is 0 Å². The zero-order valence-corrected chi connectivity index (χ0v) is 10.9. The molecular weight excluding hydrogens is 224 g/mol. The van der Waals surface area contributed by atoms with Crippen LogP contribution in [0.1, 0.15) is 35.7 Å². The molecule has 1 aliphatic rings. The largest absolute Gasteiger partial charge is 0.356 e. The molecule has 94 valence electrons. The number of aryl methyl sites for hydroxylation is 1. The quantitative estimate of drug-likeness (QED) is 0.714. The molecule has 1 heterocycles. The molecule has 0 unspecified atom stereocenters. The second kappa shape index (κ2) is 4.58. The topological polar surface area (TPSA) is 38.1 Å². The number of benzene rings is 1. The maximum atomic E-state index is 5.53. The van der Waals surface area contributed by atoms with Crippen LogP contribution in [-0.4, -0.2) is 11.7 Å². The first-order valence-corrected chi connectivity index (χ1v) is 6.57. The van der Waals surface area contributed by atoms with Gasteiger partial charge in [-0.2, -0.15) is 0 Å². The Morgan fingerprint density at radius 2 is 2.28 bits per heavy atom. The van der Waals surface area contributed by atoms with Crippen LogP contribution in [0.25, 0.3) is 11.3 Å². The van der Waals surface area contributed by atoms with Gasteiger partial charge < -0.3 is 9.84 Å². The van der Waals surface area contributed by atoms with Gasteiger partial charge in [0.05, 0.1) is 0 Å². The first kappa shape index (κ1) is 11.5.